The summed E-state index contributed by atoms with van der Waals surface area (Å²) in [7, 11) is 0. The van der Waals surface area contributed by atoms with E-state index >= 15 is 0 Å². The summed E-state index contributed by atoms with van der Waals surface area (Å²) in [5, 5.41) is 4.57. The summed E-state index contributed by atoms with van der Waals surface area (Å²) in [6, 6.07) is 8.61. The van der Waals surface area contributed by atoms with Crippen LogP contribution in [0.3, 0.4) is 0 Å². The molecule has 0 atom stereocenters. The van der Waals surface area contributed by atoms with Crippen LogP contribution >= 0.6 is 0 Å². The third-order valence-corrected chi connectivity index (χ3v) is 3.91. The maximum Gasteiger partial charge on any atom is 0.227 e. The highest BCUT2D eigenvalue weighted by molar-refractivity contribution is 5.90. The lowest BCUT2D eigenvalue weighted by molar-refractivity contribution is 0.726. The Bertz CT molecular complexity index is 601. The zero-order chi connectivity index (χ0) is 14.7. The van der Waals surface area contributed by atoms with Gasteiger partial charge in [-0.2, -0.15) is 4.98 Å². The van der Waals surface area contributed by atoms with Crippen LogP contribution in [0.5, 0.6) is 0 Å². The lowest BCUT2D eigenvalue weighted by Gasteiger charge is -2.22. The number of nitrogens with zero attached hydrogens (tertiary/aromatic N) is 3. The molecule has 0 saturated carbocycles. The summed E-state index contributed by atoms with van der Waals surface area (Å²) in [5.41, 5.74) is 1.02. The average Bonchev–Trinajstić information content (AvgIpc) is 2.75. The van der Waals surface area contributed by atoms with Gasteiger partial charge in [-0.3, -0.25) is 0 Å². The molecule has 2 aromatic rings. The molecule has 4 heteroatoms. The molecule has 1 aromatic heterocycles. The van der Waals surface area contributed by atoms with Crippen molar-refractivity contribution in [3.63, 3.8) is 0 Å². The van der Waals surface area contributed by atoms with E-state index in [-0.39, 0.29) is 0 Å². The highest BCUT2D eigenvalue weighted by atomic mass is 15.3. The Kier molecular flexibility index (Phi) is 4.23. The number of benzene rings is 1. The van der Waals surface area contributed by atoms with Gasteiger partial charge in [-0.15, -0.1) is 0 Å². The molecule has 0 radical (unpaired) electrons. The van der Waals surface area contributed by atoms with E-state index in [2.05, 4.69) is 36.2 Å². The monoisotopic (exact) mass is 284 g/mol. The largest absolute Gasteiger partial charge is 0.367 e. The van der Waals surface area contributed by atoms with Gasteiger partial charge >= 0.3 is 0 Å². The molecule has 112 valence electrons. The van der Waals surface area contributed by atoms with Crippen LogP contribution in [0.4, 0.5) is 11.8 Å². The fraction of sp³-hybridized carbons (Fsp3) is 0.529. The molecule has 0 unspecified atom stereocenters. The zero-order valence-electron chi connectivity index (χ0n) is 13.0. The Morgan fingerprint density at radius 2 is 1.71 bits per heavy atom. The molecule has 1 fully saturated rings. The number of hydrogen-bond acceptors (Lipinski definition) is 4. The van der Waals surface area contributed by atoms with Crippen LogP contribution in [0, 0.1) is 0 Å². The molecule has 1 aromatic carbocycles. The number of fused-ring (bicyclic) bond motifs is 1. The van der Waals surface area contributed by atoms with Gasteiger partial charge in [-0.1, -0.05) is 25.0 Å². The first-order valence-electron chi connectivity index (χ1n) is 8.02. The smallest absolute Gasteiger partial charge is 0.227 e. The molecule has 21 heavy (non-hydrogen) atoms. The van der Waals surface area contributed by atoms with Crippen molar-refractivity contribution in [3.05, 3.63) is 24.3 Å². The molecule has 1 N–H and O–H groups in total. The molecule has 0 aliphatic carbocycles. The molecular weight excluding hydrogens is 260 g/mol. The number of hydrogen-bond donors (Lipinski definition) is 1. The molecule has 1 aliphatic heterocycles. The molecule has 1 aliphatic rings. The first-order valence-corrected chi connectivity index (χ1v) is 8.02. The lowest BCUT2D eigenvalue weighted by atomic mass is 10.2. The number of para-hydroxylation sites is 1. The van der Waals surface area contributed by atoms with Crippen molar-refractivity contribution in [2.24, 2.45) is 0 Å². The van der Waals surface area contributed by atoms with E-state index in [0.717, 1.165) is 35.8 Å². The maximum absolute atomic E-state index is 4.81. The molecule has 4 nitrogen and oxygen atoms in total. The minimum absolute atomic E-state index is 0.361. The fourth-order valence-corrected chi connectivity index (χ4v) is 2.86. The van der Waals surface area contributed by atoms with Crippen molar-refractivity contribution in [1.29, 1.82) is 0 Å². The van der Waals surface area contributed by atoms with Gasteiger partial charge in [0, 0.05) is 24.5 Å². The second-order valence-electron chi connectivity index (χ2n) is 6.09. The van der Waals surface area contributed by atoms with E-state index in [0.29, 0.717) is 6.04 Å². The van der Waals surface area contributed by atoms with Crippen molar-refractivity contribution >= 4 is 22.7 Å². The molecule has 0 bridgehead atoms. The van der Waals surface area contributed by atoms with Crippen molar-refractivity contribution in [2.75, 3.05) is 23.3 Å². The minimum Gasteiger partial charge on any atom is -0.367 e. The Hall–Kier alpha value is -1.84. The number of rotatable bonds is 3. The number of anilines is 2. The summed E-state index contributed by atoms with van der Waals surface area (Å²) in [5.74, 6) is 1.83. The highest BCUT2D eigenvalue weighted by Gasteiger charge is 2.15. The topological polar surface area (TPSA) is 41.1 Å². The van der Waals surface area contributed by atoms with Gasteiger partial charge in [-0.05, 0) is 38.8 Å². The Balaban J connectivity index is 2.02. The van der Waals surface area contributed by atoms with Crippen LogP contribution in [0.15, 0.2) is 24.3 Å². The van der Waals surface area contributed by atoms with Crippen molar-refractivity contribution < 1.29 is 0 Å². The van der Waals surface area contributed by atoms with Gasteiger partial charge in [0.2, 0.25) is 5.95 Å². The molecule has 0 spiro atoms. The van der Waals surface area contributed by atoms with E-state index in [1.54, 1.807) is 0 Å². The van der Waals surface area contributed by atoms with Gasteiger partial charge in [0.15, 0.2) is 0 Å². The molecule has 2 heterocycles. The van der Waals surface area contributed by atoms with E-state index in [1.807, 2.05) is 12.1 Å². The summed E-state index contributed by atoms with van der Waals surface area (Å²) in [4.78, 5) is 11.9. The van der Waals surface area contributed by atoms with Crippen molar-refractivity contribution in [2.45, 2.75) is 45.6 Å². The van der Waals surface area contributed by atoms with Crippen LogP contribution in [0.1, 0.15) is 39.5 Å². The van der Waals surface area contributed by atoms with Crippen LogP contribution in [-0.4, -0.2) is 29.1 Å². The first-order chi connectivity index (χ1) is 10.2. The van der Waals surface area contributed by atoms with Crippen LogP contribution in [0.2, 0.25) is 0 Å². The Morgan fingerprint density at radius 1 is 1.00 bits per heavy atom. The highest BCUT2D eigenvalue weighted by Crippen LogP contribution is 2.25. The Labute approximate surface area is 126 Å². The van der Waals surface area contributed by atoms with Gasteiger partial charge in [0.25, 0.3) is 0 Å². The van der Waals surface area contributed by atoms with Crippen LogP contribution in [0.25, 0.3) is 10.9 Å². The first kappa shape index (κ1) is 14.1. The molecular formula is C17H24N4. The normalized spacial score (nSPS) is 16.2. The minimum atomic E-state index is 0.361. The predicted octanol–water partition coefficient (Wildman–Crippen LogP) is 3.83. The SMILES string of the molecule is CC(C)Nc1nc(N2CCCCCC2)nc2ccccc12. The summed E-state index contributed by atoms with van der Waals surface area (Å²) < 4.78 is 0. The van der Waals surface area contributed by atoms with Gasteiger partial charge < -0.3 is 10.2 Å². The lowest BCUT2D eigenvalue weighted by Crippen LogP contribution is -2.26. The Morgan fingerprint density at radius 3 is 2.43 bits per heavy atom. The van der Waals surface area contributed by atoms with E-state index in [9.17, 15) is 0 Å². The zero-order valence-corrected chi connectivity index (χ0v) is 13.0. The van der Waals surface area contributed by atoms with E-state index in [4.69, 9.17) is 9.97 Å². The van der Waals surface area contributed by atoms with Gasteiger partial charge in [0.1, 0.15) is 5.82 Å². The molecule has 3 rings (SSSR count). The maximum atomic E-state index is 4.81. The summed E-state index contributed by atoms with van der Waals surface area (Å²) in [6.07, 6.45) is 5.12. The fourth-order valence-electron chi connectivity index (χ4n) is 2.86. The second kappa shape index (κ2) is 6.29. The van der Waals surface area contributed by atoms with Gasteiger partial charge in [-0.25, -0.2) is 4.98 Å². The second-order valence-corrected chi connectivity index (χ2v) is 6.09. The van der Waals surface area contributed by atoms with Crippen LogP contribution in [-0.2, 0) is 0 Å². The predicted molar refractivity (Wildman–Crippen MR) is 89.0 cm³/mol. The van der Waals surface area contributed by atoms with E-state index < -0.39 is 0 Å². The molecule has 0 amide bonds. The summed E-state index contributed by atoms with van der Waals surface area (Å²) in [6.45, 7) is 6.42. The van der Waals surface area contributed by atoms with Crippen LogP contribution < -0.4 is 10.2 Å². The van der Waals surface area contributed by atoms with Crippen molar-refractivity contribution in [3.8, 4) is 0 Å². The quantitative estimate of drug-likeness (QED) is 0.930. The summed E-state index contributed by atoms with van der Waals surface area (Å²) >= 11 is 0. The number of aromatic nitrogens is 2. The third kappa shape index (κ3) is 3.26. The number of nitrogens with one attached hydrogen (secondary N) is 1. The average molecular weight is 284 g/mol. The third-order valence-electron chi connectivity index (χ3n) is 3.91. The molecule has 1 saturated heterocycles. The standard InChI is InChI=1S/C17H24N4/c1-13(2)18-16-14-9-5-6-10-15(14)19-17(20-16)21-11-7-3-4-8-12-21/h5-6,9-10,13H,3-4,7-8,11-12H2,1-2H3,(H,18,19,20). The van der Waals surface area contributed by atoms with Gasteiger partial charge in [0.05, 0.1) is 5.52 Å². The van der Waals surface area contributed by atoms with E-state index in [1.165, 1.54) is 25.7 Å². The van der Waals surface area contributed by atoms with Crippen molar-refractivity contribution in [1.82, 2.24) is 9.97 Å².